The highest BCUT2D eigenvalue weighted by molar-refractivity contribution is 6.31. The Morgan fingerprint density at radius 3 is 2.44 bits per heavy atom. The molecular weight excluding hydrogens is 363 g/mol. The molecule has 0 fully saturated rings. The zero-order valence-electron chi connectivity index (χ0n) is 12.6. The summed E-state index contributed by atoms with van der Waals surface area (Å²) in [6.45, 7) is 0. The number of halogens is 2. The standard InChI is InChI=1S/C17H10Cl2N4O2/c18-11-3-1-10(2-4-11)14(8-20)13-6-5-12(7-15(13)19)23-17(25)22-16(24)9-21-23/h1-7,9,14H,(H,22,24,25)/t14-/m0/s1. The van der Waals surface area contributed by atoms with Crippen molar-refractivity contribution >= 4 is 23.2 Å². The number of hydrogen-bond donors (Lipinski definition) is 1. The molecule has 0 saturated heterocycles. The van der Waals surface area contributed by atoms with Crippen LogP contribution in [0.4, 0.5) is 0 Å². The number of aromatic nitrogens is 3. The van der Waals surface area contributed by atoms with Gasteiger partial charge in [-0.25, -0.2) is 4.79 Å². The molecule has 6 nitrogen and oxygen atoms in total. The number of rotatable bonds is 3. The van der Waals surface area contributed by atoms with Gasteiger partial charge in [-0.3, -0.25) is 9.78 Å². The smallest absolute Gasteiger partial charge is 0.271 e. The fourth-order valence-electron chi connectivity index (χ4n) is 2.40. The van der Waals surface area contributed by atoms with Crippen LogP contribution in [-0.4, -0.2) is 14.8 Å². The second kappa shape index (κ2) is 6.93. The van der Waals surface area contributed by atoms with Crippen LogP contribution in [0.3, 0.4) is 0 Å². The molecule has 124 valence electrons. The SMILES string of the molecule is N#C[C@@H](c1ccc(Cl)cc1)c1ccc(-n2ncc(=O)[nH]c2=O)cc1Cl. The molecule has 0 aliphatic carbocycles. The number of H-pyrrole nitrogens is 1. The molecule has 3 aromatic rings. The van der Waals surface area contributed by atoms with Crippen LogP contribution in [0.2, 0.25) is 10.0 Å². The first-order chi connectivity index (χ1) is 12.0. The van der Waals surface area contributed by atoms with E-state index in [-0.39, 0.29) is 0 Å². The molecule has 0 radical (unpaired) electrons. The van der Waals surface area contributed by atoms with Gasteiger partial charge in [0.25, 0.3) is 5.56 Å². The van der Waals surface area contributed by atoms with E-state index in [1.165, 1.54) is 6.07 Å². The predicted molar refractivity (Wildman–Crippen MR) is 94.4 cm³/mol. The average molecular weight is 373 g/mol. The number of nitrogens with zero attached hydrogens (tertiary/aromatic N) is 3. The molecule has 0 spiro atoms. The van der Waals surface area contributed by atoms with Gasteiger partial charge in [-0.05, 0) is 35.4 Å². The lowest BCUT2D eigenvalue weighted by molar-refractivity contribution is 0.749. The Kier molecular flexibility index (Phi) is 4.70. The van der Waals surface area contributed by atoms with Crippen LogP contribution in [0.15, 0.2) is 58.3 Å². The molecule has 0 aliphatic heterocycles. The fraction of sp³-hybridized carbons (Fsp3) is 0.0588. The lowest BCUT2D eigenvalue weighted by Gasteiger charge is -2.13. The van der Waals surface area contributed by atoms with Crippen molar-refractivity contribution in [2.24, 2.45) is 0 Å². The summed E-state index contributed by atoms with van der Waals surface area (Å²) in [7, 11) is 0. The number of nitriles is 1. The predicted octanol–water partition coefficient (Wildman–Crippen LogP) is 2.88. The van der Waals surface area contributed by atoms with Crippen LogP contribution in [0, 0.1) is 11.3 Å². The molecular formula is C17H10Cl2N4O2. The second-order valence-electron chi connectivity index (χ2n) is 5.17. The highest BCUT2D eigenvalue weighted by atomic mass is 35.5. The number of hydrogen-bond acceptors (Lipinski definition) is 4. The van der Waals surface area contributed by atoms with Gasteiger partial charge in [0.15, 0.2) is 0 Å². The van der Waals surface area contributed by atoms with Crippen LogP contribution in [0.25, 0.3) is 5.69 Å². The maximum Gasteiger partial charge on any atom is 0.349 e. The number of benzene rings is 2. The van der Waals surface area contributed by atoms with Gasteiger partial charge in [0.2, 0.25) is 0 Å². The topological polar surface area (TPSA) is 91.5 Å². The quantitative estimate of drug-likeness (QED) is 0.764. The Balaban J connectivity index is 2.04. The number of aromatic amines is 1. The molecule has 1 aromatic heterocycles. The first-order valence-electron chi connectivity index (χ1n) is 7.13. The van der Waals surface area contributed by atoms with Gasteiger partial charge in [-0.15, -0.1) is 0 Å². The van der Waals surface area contributed by atoms with Gasteiger partial charge < -0.3 is 0 Å². The Morgan fingerprint density at radius 2 is 1.84 bits per heavy atom. The van der Waals surface area contributed by atoms with E-state index < -0.39 is 17.2 Å². The molecule has 1 atom stereocenters. The van der Waals surface area contributed by atoms with Gasteiger partial charge in [0, 0.05) is 10.0 Å². The van der Waals surface area contributed by atoms with E-state index >= 15 is 0 Å². The lowest BCUT2D eigenvalue weighted by atomic mass is 9.92. The Bertz CT molecular complexity index is 1080. The minimum absolute atomic E-state index is 0.305. The molecule has 0 unspecified atom stereocenters. The van der Waals surface area contributed by atoms with Crippen molar-refractivity contribution in [1.29, 1.82) is 5.26 Å². The number of nitrogens with one attached hydrogen (secondary N) is 1. The van der Waals surface area contributed by atoms with Crippen LogP contribution in [-0.2, 0) is 0 Å². The van der Waals surface area contributed by atoms with Crippen molar-refractivity contribution in [2.45, 2.75) is 5.92 Å². The minimum atomic E-state index is -0.675. The largest absolute Gasteiger partial charge is 0.349 e. The monoisotopic (exact) mass is 372 g/mol. The van der Waals surface area contributed by atoms with Crippen LogP contribution in [0.1, 0.15) is 17.0 Å². The molecule has 0 amide bonds. The molecule has 1 N–H and O–H groups in total. The molecule has 3 rings (SSSR count). The van der Waals surface area contributed by atoms with E-state index in [4.69, 9.17) is 23.2 Å². The maximum atomic E-state index is 11.8. The molecule has 2 aromatic carbocycles. The summed E-state index contributed by atoms with van der Waals surface area (Å²) in [5, 5.41) is 14.2. The summed E-state index contributed by atoms with van der Waals surface area (Å²) in [6, 6.07) is 13.9. The average Bonchev–Trinajstić information content (AvgIpc) is 2.58. The van der Waals surface area contributed by atoms with E-state index in [0.29, 0.717) is 21.3 Å². The van der Waals surface area contributed by atoms with Gasteiger partial charge in [-0.2, -0.15) is 15.0 Å². The summed E-state index contributed by atoms with van der Waals surface area (Å²) in [5.41, 5.74) is 0.457. The maximum absolute atomic E-state index is 11.8. The first-order valence-corrected chi connectivity index (χ1v) is 7.89. The van der Waals surface area contributed by atoms with Crippen LogP contribution in [0.5, 0.6) is 0 Å². The Hall–Kier alpha value is -2.88. The van der Waals surface area contributed by atoms with Crippen LogP contribution >= 0.6 is 23.2 Å². The molecule has 0 aliphatic rings. The third kappa shape index (κ3) is 3.48. The van der Waals surface area contributed by atoms with Gasteiger partial charge in [-0.1, -0.05) is 41.4 Å². The van der Waals surface area contributed by atoms with Crippen molar-refractivity contribution in [2.75, 3.05) is 0 Å². The molecule has 0 bridgehead atoms. The minimum Gasteiger partial charge on any atom is -0.271 e. The third-order valence-electron chi connectivity index (χ3n) is 3.59. The van der Waals surface area contributed by atoms with E-state index in [9.17, 15) is 14.9 Å². The van der Waals surface area contributed by atoms with Crippen molar-refractivity contribution in [1.82, 2.24) is 14.8 Å². The summed E-state index contributed by atoms with van der Waals surface area (Å²) >= 11 is 12.2. The second-order valence-corrected chi connectivity index (χ2v) is 6.01. The Morgan fingerprint density at radius 1 is 1.12 bits per heavy atom. The highest BCUT2D eigenvalue weighted by Crippen LogP contribution is 2.31. The highest BCUT2D eigenvalue weighted by Gasteiger charge is 2.17. The summed E-state index contributed by atoms with van der Waals surface area (Å²) in [5.74, 6) is -0.584. The van der Waals surface area contributed by atoms with Gasteiger partial charge in [0.1, 0.15) is 6.20 Å². The fourth-order valence-corrected chi connectivity index (χ4v) is 2.81. The van der Waals surface area contributed by atoms with Gasteiger partial charge >= 0.3 is 5.69 Å². The van der Waals surface area contributed by atoms with Crippen molar-refractivity contribution in [3.8, 4) is 11.8 Å². The summed E-state index contributed by atoms with van der Waals surface area (Å²) in [6.07, 6.45) is 0.995. The molecule has 0 saturated carbocycles. The van der Waals surface area contributed by atoms with E-state index in [2.05, 4.69) is 16.2 Å². The van der Waals surface area contributed by atoms with E-state index in [1.54, 1.807) is 36.4 Å². The van der Waals surface area contributed by atoms with Crippen molar-refractivity contribution in [3.63, 3.8) is 0 Å². The van der Waals surface area contributed by atoms with Crippen molar-refractivity contribution < 1.29 is 0 Å². The molecule has 8 heteroatoms. The molecule has 25 heavy (non-hydrogen) atoms. The summed E-state index contributed by atoms with van der Waals surface area (Å²) < 4.78 is 1.01. The third-order valence-corrected chi connectivity index (χ3v) is 4.16. The van der Waals surface area contributed by atoms with Crippen molar-refractivity contribution in [3.05, 3.63) is 90.7 Å². The molecule has 1 heterocycles. The zero-order valence-corrected chi connectivity index (χ0v) is 14.1. The van der Waals surface area contributed by atoms with Crippen LogP contribution < -0.4 is 11.2 Å². The first kappa shape index (κ1) is 17.0. The van der Waals surface area contributed by atoms with E-state index in [1.807, 2.05) is 0 Å². The zero-order chi connectivity index (χ0) is 18.0. The summed E-state index contributed by atoms with van der Waals surface area (Å²) in [4.78, 5) is 25.0. The lowest BCUT2D eigenvalue weighted by Crippen LogP contribution is -2.30. The van der Waals surface area contributed by atoms with Gasteiger partial charge in [0.05, 0.1) is 17.7 Å². The van der Waals surface area contributed by atoms with E-state index in [0.717, 1.165) is 16.4 Å². The normalized spacial score (nSPS) is 11.7. The Labute approximate surface area is 151 Å².